The van der Waals surface area contributed by atoms with Gasteiger partial charge in [-0.3, -0.25) is 4.79 Å². The Balaban J connectivity index is 1.75. The maximum Gasteiger partial charge on any atom is 0.223 e. The van der Waals surface area contributed by atoms with Gasteiger partial charge in [-0.25, -0.2) is 0 Å². The van der Waals surface area contributed by atoms with Crippen molar-refractivity contribution >= 4 is 5.91 Å². The third-order valence-corrected chi connectivity index (χ3v) is 4.37. The number of aryl methyl sites for hydroxylation is 1. The van der Waals surface area contributed by atoms with E-state index >= 15 is 0 Å². The molecule has 1 fully saturated rings. The summed E-state index contributed by atoms with van der Waals surface area (Å²) in [5.41, 5.74) is 0.967. The van der Waals surface area contributed by atoms with Crippen molar-refractivity contribution in [3.63, 3.8) is 0 Å². The number of carbonyl (C=O) groups is 1. The minimum absolute atomic E-state index is 0.00534. The molecule has 4 heteroatoms. The summed E-state index contributed by atoms with van der Waals surface area (Å²) in [6, 6.07) is 7.88. The molecule has 2 rings (SSSR count). The number of carbonyl (C=O) groups excluding carboxylic acids is 1. The second-order valence-electron chi connectivity index (χ2n) is 6.24. The smallest absolute Gasteiger partial charge is 0.223 e. The molecule has 0 heterocycles. The monoisotopic (exact) mass is 291 g/mol. The van der Waals surface area contributed by atoms with Crippen LogP contribution in [-0.4, -0.2) is 30.3 Å². The minimum Gasteiger partial charge on any atom is -0.493 e. The number of rotatable bonds is 6. The summed E-state index contributed by atoms with van der Waals surface area (Å²) in [6.07, 6.45) is 3.31. The van der Waals surface area contributed by atoms with Gasteiger partial charge in [0, 0.05) is 11.5 Å². The number of aliphatic hydroxyl groups excluding tert-OH is 1. The molecule has 0 spiro atoms. The van der Waals surface area contributed by atoms with E-state index < -0.39 is 0 Å². The molecule has 1 aliphatic rings. The van der Waals surface area contributed by atoms with Gasteiger partial charge in [-0.2, -0.15) is 0 Å². The Kier molecular flexibility index (Phi) is 5.23. The lowest BCUT2D eigenvalue weighted by Gasteiger charge is -2.30. The second-order valence-corrected chi connectivity index (χ2v) is 6.24. The van der Waals surface area contributed by atoms with Gasteiger partial charge in [-0.1, -0.05) is 25.5 Å². The predicted octanol–water partition coefficient (Wildman–Crippen LogP) is 2.43. The molecular weight excluding hydrogens is 266 g/mol. The Morgan fingerprint density at radius 1 is 1.52 bits per heavy atom. The molecule has 21 heavy (non-hydrogen) atoms. The van der Waals surface area contributed by atoms with E-state index in [1.807, 2.05) is 38.1 Å². The Hall–Kier alpha value is -1.55. The van der Waals surface area contributed by atoms with Crippen molar-refractivity contribution in [3.8, 4) is 5.75 Å². The van der Waals surface area contributed by atoms with Crippen molar-refractivity contribution in [3.05, 3.63) is 29.8 Å². The van der Waals surface area contributed by atoms with Crippen molar-refractivity contribution in [2.75, 3.05) is 13.2 Å². The highest BCUT2D eigenvalue weighted by atomic mass is 16.5. The normalized spacial score (nSPS) is 24.8. The highest BCUT2D eigenvalue weighted by molar-refractivity contribution is 5.76. The van der Waals surface area contributed by atoms with Crippen LogP contribution in [0.2, 0.25) is 0 Å². The highest BCUT2D eigenvalue weighted by Gasteiger charge is 2.38. The van der Waals surface area contributed by atoms with E-state index in [1.165, 1.54) is 0 Å². The zero-order valence-corrected chi connectivity index (χ0v) is 12.9. The molecule has 2 unspecified atom stereocenters. The standard InChI is InChI=1S/C17H25NO3/c1-13-5-3-6-14(11-13)21-10-8-16(20)18-15-7-4-9-17(15,2)12-19/h3,5-6,11,15,19H,4,7-10,12H2,1-2H3,(H,18,20). The molecule has 1 aromatic carbocycles. The highest BCUT2D eigenvalue weighted by Crippen LogP contribution is 2.37. The van der Waals surface area contributed by atoms with Crippen LogP contribution < -0.4 is 10.1 Å². The molecule has 0 saturated heterocycles. The quantitative estimate of drug-likeness (QED) is 0.846. The van der Waals surface area contributed by atoms with Gasteiger partial charge in [-0.05, 0) is 37.5 Å². The fourth-order valence-corrected chi connectivity index (χ4v) is 2.90. The van der Waals surface area contributed by atoms with Crippen molar-refractivity contribution in [1.29, 1.82) is 0 Å². The molecule has 1 amide bonds. The van der Waals surface area contributed by atoms with Crippen LogP contribution in [0.15, 0.2) is 24.3 Å². The average molecular weight is 291 g/mol. The van der Waals surface area contributed by atoms with E-state index in [4.69, 9.17) is 4.74 Å². The molecule has 0 aromatic heterocycles. The topological polar surface area (TPSA) is 58.6 Å². The van der Waals surface area contributed by atoms with E-state index in [2.05, 4.69) is 5.32 Å². The first-order valence-electron chi connectivity index (χ1n) is 7.63. The van der Waals surface area contributed by atoms with Gasteiger partial charge in [0.2, 0.25) is 5.91 Å². The average Bonchev–Trinajstić information content (AvgIpc) is 2.81. The largest absolute Gasteiger partial charge is 0.493 e. The first kappa shape index (κ1) is 15.8. The lowest BCUT2D eigenvalue weighted by molar-refractivity contribution is -0.123. The number of nitrogens with one attached hydrogen (secondary N) is 1. The summed E-state index contributed by atoms with van der Waals surface area (Å²) in [6.45, 7) is 4.54. The molecule has 2 atom stereocenters. The summed E-state index contributed by atoms with van der Waals surface area (Å²) < 4.78 is 5.59. The number of hydrogen-bond donors (Lipinski definition) is 2. The number of amides is 1. The van der Waals surface area contributed by atoms with Crippen molar-refractivity contribution in [1.82, 2.24) is 5.32 Å². The van der Waals surface area contributed by atoms with Gasteiger partial charge in [-0.15, -0.1) is 0 Å². The molecule has 0 aliphatic heterocycles. The van der Waals surface area contributed by atoms with E-state index in [0.717, 1.165) is 30.6 Å². The lowest BCUT2D eigenvalue weighted by atomic mass is 9.86. The molecule has 1 saturated carbocycles. The number of ether oxygens (including phenoxy) is 1. The predicted molar refractivity (Wildman–Crippen MR) is 82.3 cm³/mol. The Morgan fingerprint density at radius 3 is 3.05 bits per heavy atom. The summed E-state index contributed by atoms with van der Waals surface area (Å²) in [7, 11) is 0. The summed E-state index contributed by atoms with van der Waals surface area (Å²) in [5, 5.41) is 12.5. The molecule has 1 aliphatic carbocycles. The fraction of sp³-hybridized carbons (Fsp3) is 0.588. The van der Waals surface area contributed by atoms with Crippen LogP contribution in [0.3, 0.4) is 0 Å². The van der Waals surface area contributed by atoms with Crippen LogP contribution in [0.1, 0.15) is 38.2 Å². The molecule has 1 aromatic rings. The maximum atomic E-state index is 12.0. The van der Waals surface area contributed by atoms with Gasteiger partial charge >= 0.3 is 0 Å². The van der Waals surface area contributed by atoms with Crippen LogP contribution >= 0.6 is 0 Å². The number of hydrogen-bond acceptors (Lipinski definition) is 3. The Bertz CT molecular complexity index is 489. The number of aliphatic hydroxyl groups is 1. The summed E-state index contributed by atoms with van der Waals surface area (Å²) >= 11 is 0. The van der Waals surface area contributed by atoms with E-state index in [-0.39, 0.29) is 24.0 Å². The Labute approximate surface area is 126 Å². The first-order valence-corrected chi connectivity index (χ1v) is 7.63. The zero-order chi connectivity index (χ0) is 15.3. The van der Waals surface area contributed by atoms with Gasteiger partial charge < -0.3 is 15.2 Å². The SMILES string of the molecule is Cc1cccc(OCCC(=O)NC2CCCC2(C)CO)c1. The maximum absolute atomic E-state index is 12.0. The molecule has 2 N–H and O–H groups in total. The van der Waals surface area contributed by atoms with Crippen LogP contribution in [-0.2, 0) is 4.79 Å². The second kappa shape index (κ2) is 6.94. The lowest BCUT2D eigenvalue weighted by Crippen LogP contribution is -2.45. The fourth-order valence-electron chi connectivity index (χ4n) is 2.90. The molecule has 4 nitrogen and oxygen atoms in total. The van der Waals surface area contributed by atoms with Crippen molar-refractivity contribution < 1.29 is 14.6 Å². The van der Waals surface area contributed by atoms with Gasteiger partial charge in [0.1, 0.15) is 5.75 Å². The van der Waals surface area contributed by atoms with Crippen LogP contribution in [0.5, 0.6) is 5.75 Å². The van der Waals surface area contributed by atoms with Gasteiger partial charge in [0.25, 0.3) is 0 Å². The van der Waals surface area contributed by atoms with Gasteiger partial charge in [0.05, 0.1) is 19.6 Å². The van der Waals surface area contributed by atoms with E-state index in [0.29, 0.717) is 13.0 Å². The van der Waals surface area contributed by atoms with Crippen LogP contribution in [0.4, 0.5) is 0 Å². The van der Waals surface area contributed by atoms with Gasteiger partial charge in [0.15, 0.2) is 0 Å². The van der Waals surface area contributed by atoms with E-state index in [9.17, 15) is 9.90 Å². The van der Waals surface area contributed by atoms with E-state index in [1.54, 1.807) is 0 Å². The summed E-state index contributed by atoms with van der Waals surface area (Å²) in [5.74, 6) is 0.790. The van der Waals surface area contributed by atoms with Crippen LogP contribution in [0.25, 0.3) is 0 Å². The zero-order valence-electron chi connectivity index (χ0n) is 12.9. The molecular formula is C17H25NO3. The third-order valence-electron chi connectivity index (χ3n) is 4.37. The van der Waals surface area contributed by atoms with Crippen LogP contribution in [0, 0.1) is 12.3 Å². The summed E-state index contributed by atoms with van der Waals surface area (Å²) in [4.78, 5) is 12.0. The van der Waals surface area contributed by atoms with Crippen molar-refractivity contribution in [2.24, 2.45) is 5.41 Å². The van der Waals surface area contributed by atoms with Crippen molar-refractivity contribution in [2.45, 2.75) is 45.6 Å². The molecule has 0 radical (unpaired) electrons. The molecule has 116 valence electrons. The first-order chi connectivity index (χ1) is 10.0. The molecule has 0 bridgehead atoms. The number of benzene rings is 1. The third kappa shape index (κ3) is 4.21. The minimum atomic E-state index is -0.174. The Morgan fingerprint density at radius 2 is 2.33 bits per heavy atom.